The maximum Gasteiger partial charge on any atom is 0.277 e. The molecule has 0 aliphatic heterocycles. The molecule has 0 saturated heterocycles. The van der Waals surface area contributed by atoms with E-state index in [4.69, 9.17) is 0 Å². The lowest BCUT2D eigenvalue weighted by Gasteiger charge is -2.10. The van der Waals surface area contributed by atoms with Gasteiger partial charge in [0.1, 0.15) is 0 Å². The van der Waals surface area contributed by atoms with E-state index in [1.165, 1.54) is 12.1 Å². The number of benzene rings is 5. The smallest absolute Gasteiger partial charge is 0.277 e. The molecule has 0 aliphatic rings. The van der Waals surface area contributed by atoms with Crippen molar-refractivity contribution in [2.24, 2.45) is 0 Å². The van der Waals surface area contributed by atoms with Crippen LogP contribution in [0.25, 0.3) is 49.7 Å². The molecular formula is C30H19N3O4. The topological polar surface area (TPSA) is 91.2 Å². The van der Waals surface area contributed by atoms with Gasteiger partial charge in [-0.05, 0) is 47.5 Å². The van der Waals surface area contributed by atoms with E-state index in [1.807, 2.05) is 66.7 Å². The van der Waals surface area contributed by atoms with Gasteiger partial charge in [-0.3, -0.25) is 20.2 Å². The van der Waals surface area contributed by atoms with Crippen LogP contribution < -0.4 is 0 Å². The van der Waals surface area contributed by atoms with Crippen LogP contribution in [0.3, 0.4) is 0 Å². The molecule has 37 heavy (non-hydrogen) atoms. The fourth-order valence-electron chi connectivity index (χ4n) is 4.96. The van der Waals surface area contributed by atoms with Gasteiger partial charge in [0, 0.05) is 28.6 Å². The molecule has 0 atom stereocenters. The Labute approximate surface area is 211 Å². The van der Waals surface area contributed by atoms with Crippen molar-refractivity contribution >= 4 is 33.2 Å². The van der Waals surface area contributed by atoms with Gasteiger partial charge in [-0.25, -0.2) is 0 Å². The van der Waals surface area contributed by atoms with Crippen LogP contribution in [0.2, 0.25) is 0 Å². The lowest BCUT2D eigenvalue weighted by molar-refractivity contribution is -0.384. The second kappa shape index (κ2) is 8.73. The first-order valence-corrected chi connectivity index (χ1v) is 11.6. The third kappa shape index (κ3) is 3.70. The summed E-state index contributed by atoms with van der Waals surface area (Å²) in [5, 5.41) is 25.3. The van der Waals surface area contributed by atoms with E-state index in [9.17, 15) is 20.2 Å². The first kappa shape index (κ1) is 22.2. The number of nitro benzene ring substituents is 2. The molecule has 0 fully saturated rings. The van der Waals surface area contributed by atoms with Crippen molar-refractivity contribution in [2.45, 2.75) is 0 Å². The van der Waals surface area contributed by atoms with Gasteiger partial charge in [0.15, 0.2) is 0 Å². The van der Waals surface area contributed by atoms with E-state index in [-0.39, 0.29) is 21.2 Å². The Balaban J connectivity index is 1.67. The summed E-state index contributed by atoms with van der Waals surface area (Å²) in [7, 11) is 0. The number of rotatable bonds is 5. The van der Waals surface area contributed by atoms with Crippen molar-refractivity contribution in [3.8, 4) is 27.9 Å². The van der Waals surface area contributed by atoms with Crippen LogP contribution >= 0.6 is 0 Å². The molecule has 0 N–H and O–H groups in total. The fraction of sp³-hybridized carbons (Fsp3) is 0. The Morgan fingerprint density at radius 2 is 0.946 bits per heavy atom. The van der Waals surface area contributed by atoms with Crippen molar-refractivity contribution in [3.63, 3.8) is 0 Å². The van der Waals surface area contributed by atoms with Crippen LogP contribution in [0.4, 0.5) is 11.4 Å². The fourth-order valence-corrected chi connectivity index (χ4v) is 4.96. The highest BCUT2D eigenvalue weighted by atomic mass is 16.6. The molecule has 6 aromatic rings. The number of hydrogen-bond acceptors (Lipinski definition) is 4. The molecule has 178 valence electrons. The van der Waals surface area contributed by atoms with Crippen LogP contribution in [0.15, 0.2) is 115 Å². The van der Waals surface area contributed by atoms with Gasteiger partial charge < -0.3 is 4.57 Å². The summed E-state index contributed by atoms with van der Waals surface area (Å²) in [6.45, 7) is 0. The highest BCUT2D eigenvalue weighted by Gasteiger charge is 2.20. The maximum absolute atomic E-state index is 11.7. The quantitative estimate of drug-likeness (QED) is 0.183. The molecule has 5 aromatic carbocycles. The zero-order chi connectivity index (χ0) is 25.5. The van der Waals surface area contributed by atoms with E-state index >= 15 is 0 Å². The Morgan fingerprint density at radius 3 is 1.41 bits per heavy atom. The molecule has 0 aliphatic carbocycles. The molecule has 6 rings (SSSR count). The van der Waals surface area contributed by atoms with Gasteiger partial charge in [-0.2, -0.15) is 0 Å². The molecule has 0 unspecified atom stereocenters. The number of aromatic nitrogens is 1. The van der Waals surface area contributed by atoms with Gasteiger partial charge in [0.25, 0.3) is 11.4 Å². The van der Waals surface area contributed by atoms with Crippen molar-refractivity contribution in [2.75, 3.05) is 0 Å². The van der Waals surface area contributed by atoms with Crippen molar-refractivity contribution in [3.05, 3.63) is 135 Å². The minimum absolute atomic E-state index is 0.0443. The largest absolute Gasteiger partial charge is 0.309 e. The van der Waals surface area contributed by atoms with Crippen LogP contribution in [0, 0.1) is 20.2 Å². The predicted octanol–water partition coefficient (Wildman–Crippen LogP) is 7.93. The van der Waals surface area contributed by atoms with Crippen LogP contribution in [0.1, 0.15) is 0 Å². The predicted molar refractivity (Wildman–Crippen MR) is 145 cm³/mol. The molecule has 1 aromatic heterocycles. The average Bonchev–Trinajstić information content (AvgIpc) is 3.26. The Kier molecular flexibility index (Phi) is 5.23. The van der Waals surface area contributed by atoms with E-state index in [2.05, 4.69) is 4.57 Å². The molecule has 1 heterocycles. The number of hydrogen-bond donors (Lipinski definition) is 0. The lowest BCUT2D eigenvalue weighted by Crippen LogP contribution is -1.95. The zero-order valence-electron chi connectivity index (χ0n) is 19.4. The third-order valence-electron chi connectivity index (χ3n) is 6.61. The van der Waals surface area contributed by atoms with E-state index in [0.717, 1.165) is 38.6 Å². The van der Waals surface area contributed by atoms with E-state index in [0.29, 0.717) is 11.1 Å². The van der Waals surface area contributed by atoms with Gasteiger partial charge in [-0.1, -0.05) is 66.7 Å². The molecule has 7 nitrogen and oxygen atoms in total. The summed E-state index contributed by atoms with van der Waals surface area (Å²) in [5.74, 6) is 0. The standard InChI is InChI=1S/C30H19N3O4/c34-32(35)27-12-6-4-10-23(27)20-14-16-25-26-17-15-21(24-11-5-7-13-28(24)33(36)37)19-30(26)31(29(25)18-20)22-8-2-1-3-9-22/h1-19H. The SMILES string of the molecule is O=[N+]([O-])c1ccccc1-c1ccc2c3ccc(-c4ccccc4[N+](=O)[O-])cc3n(-c3ccccc3)c2c1. The summed E-state index contributed by atoms with van der Waals surface area (Å²) >= 11 is 0. The average molecular weight is 485 g/mol. The minimum atomic E-state index is -0.370. The Morgan fingerprint density at radius 1 is 0.514 bits per heavy atom. The number of nitrogens with zero attached hydrogens (tertiary/aromatic N) is 3. The molecule has 7 heteroatoms. The number of para-hydroxylation sites is 3. The molecule has 0 saturated carbocycles. The third-order valence-corrected chi connectivity index (χ3v) is 6.61. The van der Waals surface area contributed by atoms with Crippen LogP contribution in [0.5, 0.6) is 0 Å². The normalized spacial score (nSPS) is 11.1. The first-order valence-electron chi connectivity index (χ1n) is 11.6. The van der Waals surface area contributed by atoms with Gasteiger partial charge in [-0.15, -0.1) is 0 Å². The van der Waals surface area contributed by atoms with Crippen molar-refractivity contribution in [1.82, 2.24) is 4.57 Å². The second-order valence-corrected chi connectivity index (χ2v) is 8.68. The molecule has 0 amide bonds. The molecular weight excluding hydrogens is 466 g/mol. The number of fused-ring (bicyclic) bond motifs is 3. The van der Waals surface area contributed by atoms with Crippen LogP contribution in [-0.2, 0) is 0 Å². The molecule has 0 spiro atoms. The highest BCUT2D eigenvalue weighted by molar-refractivity contribution is 6.11. The van der Waals surface area contributed by atoms with E-state index in [1.54, 1.807) is 36.4 Å². The highest BCUT2D eigenvalue weighted by Crippen LogP contribution is 2.39. The maximum atomic E-state index is 11.7. The van der Waals surface area contributed by atoms with Gasteiger partial charge >= 0.3 is 0 Å². The number of nitro groups is 2. The lowest BCUT2D eigenvalue weighted by atomic mass is 10.0. The Bertz CT molecular complexity index is 1730. The van der Waals surface area contributed by atoms with Crippen molar-refractivity contribution in [1.29, 1.82) is 0 Å². The molecule has 0 bridgehead atoms. The van der Waals surface area contributed by atoms with Crippen LogP contribution in [-0.4, -0.2) is 14.4 Å². The summed E-state index contributed by atoms with van der Waals surface area (Å²) in [6, 6.07) is 34.9. The summed E-state index contributed by atoms with van der Waals surface area (Å²) in [4.78, 5) is 22.6. The second-order valence-electron chi connectivity index (χ2n) is 8.68. The Hall–Kier alpha value is -5.30. The van der Waals surface area contributed by atoms with Gasteiger partial charge in [0.2, 0.25) is 0 Å². The van der Waals surface area contributed by atoms with Gasteiger partial charge in [0.05, 0.1) is 32.0 Å². The summed E-state index contributed by atoms with van der Waals surface area (Å²) < 4.78 is 2.10. The summed E-state index contributed by atoms with van der Waals surface area (Å²) in [6.07, 6.45) is 0. The monoisotopic (exact) mass is 485 g/mol. The van der Waals surface area contributed by atoms with E-state index < -0.39 is 0 Å². The first-order chi connectivity index (χ1) is 18.0. The minimum Gasteiger partial charge on any atom is -0.309 e. The summed E-state index contributed by atoms with van der Waals surface area (Å²) in [5.41, 5.74) is 5.33. The zero-order valence-corrected chi connectivity index (χ0v) is 19.4. The van der Waals surface area contributed by atoms with Crippen molar-refractivity contribution < 1.29 is 9.85 Å². The molecule has 0 radical (unpaired) electrons.